The molecular weight excluding hydrogens is 453 g/mol. The van der Waals surface area contributed by atoms with Crippen LogP contribution >= 0.6 is 0 Å². The number of imidazole rings is 1. The van der Waals surface area contributed by atoms with Crippen LogP contribution in [-0.4, -0.2) is 20.3 Å². The third-order valence-electron chi connectivity index (χ3n) is 5.74. The Labute approximate surface area is 198 Å². The van der Waals surface area contributed by atoms with Gasteiger partial charge in [0, 0.05) is 23.5 Å². The van der Waals surface area contributed by atoms with Gasteiger partial charge in [0.1, 0.15) is 0 Å². The molecule has 0 saturated heterocycles. The van der Waals surface area contributed by atoms with Crippen molar-refractivity contribution in [3.63, 3.8) is 0 Å². The molecule has 35 heavy (non-hydrogen) atoms. The first kappa shape index (κ1) is 22.3. The summed E-state index contributed by atoms with van der Waals surface area (Å²) in [6.07, 6.45) is 0.699. The van der Waals surface area contributed by atoms with Crippen LogP contribution in [-0.2, 0) is 6.18 Å². The van der Waals surface area contributed by atoms with Crippen LogP contribution in [0.1, 0.15) is 21.5 Å². The topological polar surface area (TPSA) is 59.3 Å². The molecule has 0 unspecified atom stereocenters. The van der Waals surface area contributed by atoms with Gasteiger partial charge >= 0.3 is 6.18 Å². The fourth-order valence-corrected chi connectivity index (χ4v) is 3.93. The minimum absolute atomic E-state index is 0.346. The van der Waals surface area contributed by atoms with Crippen molar-refractivity contribution in [1.29, 1.82) is 0 Å². The van der Waals surface area contributed by atoms with Crippen LogP contribution in [0.25, 0.3) is 28.2 Å². The highest BCUT2D eigenvalue weighted by molar-refractivity contribution is 6.06. The highest BCUT2D eigenvalue weighted by atomic mass is 19.4. The summed E-state index contributed by atoms with van der Waals surface area (Å²) in [6, 6.07) is 19.8. The van der Waals surface area contributed by atoms with Gasteiger partial charge in [0.15, 0.2) is 0 Å². The number of benzene rings is 3. The standard InChI is InChI=1S/C27H19F3N4O/c1-17-22(18-10-12-20(13-11-18)27(28,29)30)8-5-9-23(17)25(35)32-21-14-31-26-33-24(16-34(26)15-21)19-6-3-2-4-7-19/h2-16H,1H3,(H,32,35). The summed E-state index contributed by atoms with van der Waals surface area (Å²) < 4.78 is 40.4. The van der Waals surface area contributed by atoms with E-state index in [0.29, 0.717) is 33.7 Å². The first-order valence-electron chi connectivity index (χ1n) is 10.8. The third kappa shape index (κ3) is 4.50. The summed E-state index contributed by atoms with van der Waals surface area (Å²) in [5.74, 6) is 0.156. The predicted molar refractivity (Wildman–Crippen MR) is 128 cm³/mol. The molecule has 174 valence electrons. The molecule has 0 aliphatic carbocycles. The summed E-state index contributed by atoms with van der Waals surface area (Å²) in [7, 11) is 0. The molecule has 5 nitrogen and oxygen atoms in total. The van der Waals surface area contributed by atoms with E-state index in [0.717, 1.165) is 23.4 Å². The van der Waals surface area contributed by atoms with Gasteiger partial charge < -0.3 is 5.32 Å². The third-order valence-corrected chi connectivity index (χ3v) is 5.74. The molecule has 0 spiro atoms. The fraction of sp³-hybridized carbons (Fsp3) is 0.0741. The van der Waals surface area contributed by atoms with Crippen LogP contribution in [0.3, 0.4) is 0 Å². The number of fused-ring (bicyclic) bond motifs is 1. The second-order valence-electron chi connectivity index (χ2n) is 8.05. The average Bonchev–Trinajstić information content (AvgIpc) is 3.28. The van der Waals surface area contributed by atoms with Gasteiger partial charge in [-0.1, -0.05) is 54.6 Å². The Morgan fingerprint density at radius 3 is 2.34 bits per heavy atom. The van der Waals surface area contributed by atoms with E-state index >= 15 is 0 Å². The number of amides is 1. The zero-order valence-corrected chi connectivity index (χ0v) is 18.5. The molecule has 0 radical (unpaired) electrons. The Hall–Kier alpha value is -4.46. The number of halogens is 3. The number of anilines is 1. The largest absolute Gasteiger partial charge is 0.416 e. The number of aromatic nitrogens is 3. The van der Waals surface area contributed by atoms with E-state index in [1.807, 2.05) is 36.5 Å². The van der Waals surface area contributed by atoms with E-state index < -0.39 is 11.7 Å². The molecule has 0 aliphatic heterocycles. The summed E-state index contributed by atoms with van der Waals surface area (Å²) in [4.78, 5) is 21.9. The quantitative estimate of drug-likeness (QED) is 0.319. The summed E-state index contributed by atoms with van der Waals surface area (Å²) in [5, 5.41) is 2.85. The van der Waals surface area contributed by atoms with Crippen LogP contribution in [0.5, 0.6) is 0 Å². The molecule has 1 N–H and O–H groups in total. The number of nitrogens with zero attached hydrogens (tertiary/aromatic N) is 3. The van der Waals surface area contributed by atoms with Gasteiger partial charge in [-0.15, -0.1) is 0 Å². The Balaban J connectivity index is 1.40. The normalized spacial score (nSPS) is 11.5. The van der Waals surface area contributed by atoms with E-state index in [1.165, 1.54) is 18.3 Å². The van der Waals surface area contributed by atoms with Crippen LogP contribution in [0.4, 0.5) is 18.9 Å². The minimum atomic E-state index is -4.40. The van der Waals surface area contributed by atoms with E-state index in [1.54, 1.807) is 35.7 Å². The van der Waals surface area contributed by atoms with Crippen molar-refractivity contribution < 1.29 is 18.0 Å². The van der Waals surface area contributed by atoms with Gasteiger partial charge in [-0.3, -0.25) is 9.20 Å². The van der Waals surface area contributed by atoms with E-state index in [9.17, 15) is 18.0 Å². The molecule has 3 aromatic carbocycles. The first-order valence-corrected chi connectivity index (χ1v) is 10.8. The van der Waals surface area contributed by atoms with Gasteiger partial charge in [-0.05, 0) is 41.8 Å². The number of rotatable bonds is 4. The van der Waals surface area contributed by atoms with Gasteiger partial charge in [-0.2, -0.15) is 13.2 Å². The lowest BCUT2D eigenvalue weighted by Crippen LogP contribution is -2.14. The van der Waals surface area contributed by atoms with Crippen molar-refractivity contribution in [3.8, 4) is 22.4 Å². The molecule has 5 rings (SSSR count). The molecular formula is C27H19F3N4O. The van der Waals surface area contributed by atoms with Gasteiger partial charge in [-0.25, -0.2) is 9.97 Å². The SMILES string of the molecule is Cc1c(C(=O)Nc2cnc3nc(-c4ccccc4)cn3c2)cccc1-c1ccc(C(F)(F)F)cc1. The molecule has 0 aliphatic rings. The maximum absolute atomic E-state index is 13.1. The van der Waals surface area contributed by atoms with Crippen molar-refractivity contribution in [3.05, 3.63) is 108 Å². The summed E-state index contributed by atoms with van der Waals surface area (Å²) in [5.41, 5.74) is 3.85. The Morgan fingerprint density at radius 2 is 1.63 bits per heavy atom. The van der Waals surface area contributed by atoms with Crippen LogP contribution in [0.2, 0.25) is 0 Å². The minimum Gasteiger partial charge on any atom is -0.319 e. The van der Waals surface area contributed by atoms with Crippen LogP contribution in [0, 0.1) is 6.92 Å². The highest BCUT2D eigenvalue weighted by Gasteiger charge is 2.30. The molecule has 0 fully saturated rings. The maximum Gasteiger partial charge on any atom is 0.416 e. The molecule has 2 aromatic heterocycles. The lowest BCUT2D eigenvalue weighted by molar-refractivity contribution is -0.137. The average molecular weight is 472 g/mol. The monoisotopic (exact) mass is 472 g/mol. The van der Waals surface area contributed by atoms with Gasteiger partial charge in [0.2, 0.25) is 5.78 Å². The van der Waals surface area contributed by atoms with E-state index in [-0.39, 0.29) is 5.91 Å². The number of hydrogen-bond donors (Lipinski definition) is 1. The van der Waals surface area contributed by atoms with Gasteiger partial charge in [0.25, 0.3) is 5.91 Å². The van der Waals surface area contributed by atoms with Crippen LogP contribution in [0.15, 0.2) is 91.4 Å². The molecule has 5 aromatic rings. The van der Waals surface area contributed by atoms with Gasteiger partial charge in [0.05, 0.1) is 23.1 Å². The molecule has 8 heteroatoms. The van der Waals surface area contributed by atoms with Crippen molar-refractivity contribution >= 4 is 17.4 Å². The Morgan fingerprint density at radius 1 is 0.886 bits per heavy atom. The smallest absolute Gasteiger partial charge is 0.319 e. The van der Waals surface area contributed by atoms with Crippen molar-refractivity contribution in [1.82, 2.24) is 14.4 Å². The first-order chi connectivity index (χ1) is 16.8. The second-order valence-corrected chi connectivity index (χ2v) is 8.05. The predicted octanol–water partition coefficient (Wildman–Crippen LogP) is 6.64. The summed E-state index contributed by atoms with van der Waals surface area (Å²) in [6.45, 7) is 1.77. The number of carbonyl (C=O) groups excluding carboxylic acids is 1. The number of alkyl halides is 3. The summed E-state index contributed by atoms with van der Waals surface area (Å²) >= 11 is 0. The fourth-order valence-electron chi connectivity index (χ4n) is 3.93. The number of carbonyl (C=O) groups is 1. The molecule has 2 heterocycles. The highest BCUT2D eigenvalue weighted by Crippen LogP contribution is 2.32. The lowest BCUT2D eigenvalue weighted by Gasteiger charge is -2.13. The maximum atomic E-state index is 13.1. The molecule has 1 amide bonds. The molecule has 0 atom stereocenters. The zero-order chi connectivity index (χ0) is 24.6. The molecule has 0 saturated carbocycles. The zero-order valence-electron chi connectivity index (χ0n) is 18.5. The second kappa shape index (κ2) is 8.72. The lowest BCUT2D eigenvalue weighted by atomic mass is 9.95. The van der Waals surface area contributed by atoms with Crippen molar-refractivity contribution in [2.45, 2.75) is 13.1 Å². The van der Waals surface area contributed by atoms with E-state index in [2.05, 4.69) is 15.3 Å². The molecule has 0 bridgehead atoms. The van der Waals surface area contributed by atoms with Crippen molar-refractivity contribution in [2.75, 3.05) is 5.32 Å². The van der Waals surface area contributed by atoms with Crippen molar-refractivity contribution in [2.24, 2.45) is 0 Å². The van der Waals surface area contributed by atoms with Crippen LogP contribution < -0.4 is 5.32 Å². The van der Waals surface area contributed by atoms with E-state index in [4.69, 9.17) is 0 Å². The Kier molecular flexibility index (Phi) is 5.56. The number of nitrogens with one attached hydrogen (secondary N) is 1. The number of hydrogen-bond acceptors (Lipinski definition) is 3. The Bertz CT molecular complexity index is 1520.